The standard InChI is InChI=1S/C20H15N3O6/c1-28-17-9-4-15(5-10-17)21-13-14-2-7-18(8-3-14)29-20-11-6-16(22(24)25)12-19(20)23(26)27/h2-13H,1H3. The molecule has 0 unspecified atom stereocenters. The highest BCUT2D eigenvalue weighted by molar-refractivity contribution is 5.82. The summed E-state index contributed by atoms with van der Waals surface area (Å²) in [6.07, 6.45) is 1.67. The molecule has 0 aromatic heterocycles. The Morgan fingerprint density at radius 3 is 2.10 bits per heavy atom. The molecule has 0 amide bonds. The van der Waals surface area contributed by atoms with Crippen LogP contribution in [0.25, 0.3) is 0 Å². The van der Waals surface area contributed by atoms with Crippen LogP contribution in [-0.2, 0) is 0 Å². The van der Waals surface area contributed by atoms with Gasteiger partial charge in [-0.15, -0.1) is 0 Å². The minimum atomic E-state index is -0.724. The number of nitrogens with zero attached hydrogens (tertiary/aromatic N) is 3. The fourth-order valence-corrected chi connectivity index (χ4v) is 2.41. The van der Waals surface area contributed by atoms with Crippen molar-refractivity contribution in [2.75, 3.05) is 7.11 Å². The second kappa shape index (κ2) is 8.61. The SMILES string of the molecule is COc1ccc(N=Cc2ccc(Oc3ccc([N+](=O)[O-])cc3[N+](=O)[O-])cc2)cc1. The molecule has 0 spiro atoms. The second-order valence-electron chi connectivity index (χ2n) is 5.79. The molecule has 3 aromatic carbocycles. The van der Waals surface area contributed by atoms with E-state index < -0.39 is 15.5 Å². The molecule has 0 radical (unpaired) electrons. The first kappa shape index (κ1) is 19.5. The van der Waals surface area contributed by atoms with Gasteiger partial charge in [0.15, 0.2) is 0 Å². The molecule has 9 heteroatoms. The lowest BCUT2D eigenvalue weighted by molar-refractivity contribution is -0.394. The van der Waals surface area contributed by atoms with Crippen molar-refractivity contribution >= 4 is 23.3 Å². The number of methoxy groups -OCH3 is 1. The largest absolute Gasteiger partial charge is 0.497 e. The number of aliphatic imine (C=N–C) groups is 1. The maximum absolute atomic E-state index is 11.2. The fourth-order valence-electron chi connectivity index (χ4n) is 2.41. The molecule has 0 aliphatic heterocycles. The van der Waals surface area contributed by atoms with Gasteiger partial charge in [0.2, 0.25) is 5.75 Å². The third kappa shape index (κ3) is 4.92. The van der Waals surface area contributed by atoms with Crippen molar-refractivity contribution < 1.29 is 19.3 Å². The van der Waals surface area contributed by atoms with Crippen LogP contribution in [-0.4, -0.2) is 23.2 Å². The summed E-state index contributed by atoms with van der Waals surface area (Å²) in [5.74, 6) is 1.01. The van der Waals surface area contributed by atoms with Gasteiger partial charge in [0, 0.05) is 12.3 Å². The lowest BCUT2D eigenvalue weighted by Crippen LogP contribution is -1.96. The second-order valence-corrected chi connectivity index (χ2v) is 5.79. The van der Waals surface area contributed by atoms with Crippen molar-refractivity contribution in [1.29, 1.82) is 0 Å². The van der Waals surface area contributed by atoms with E-state index in [1.807, 2.05) is 12.1 Å². The topological polar surface area (TPSA) is 117 Å². The normalized spacial score (nSPS) is 10.7. The predicted molar refractivity (Wildman–Crippen MR) is 107 cm³/mol. The highest BCUT2D eigenvalue weighted by atomic mass is 16.6. The first-order valence-electron chi connectivity index (χ1n) is 8.35. The molecular weight excluding hydrogens is 378 g/mol. The molecule has 3 rings (SSSR count). The van der Waals surface area contributed by atoms with E-state index in [9.17, 15) is 20.2 Å². The average Bonchev–Trinajstić information content (AvgIpc) is 2.73. The van der Waals surface area contributed by atoms with E-state index >= 15 is 0 Å². The molecule has 0 N–H and O–H groups in total. The zero-order valence-corrected chi connectivity index (χ0v) is 15.2. The fraction of sp³-hybridized carbons (Fsp3) is 0.0500. The van der Waals surface area contributed by atoms with E-state index in [1.54, 1.807) is 49.7 Å². The quantitative estimate of drug-likeness (QED) is 0.315. The molecule has 29 heavy (non-hydrogen) atoms. The third-order valence-electron chi connectivity index (χ3n) is 3.89. The van der Waals surface area contributed by atoms with Crippen LogP contribution in [0.5, 0.6) is 17.2 Å². The minimum absolute atomic E-state index is 0.0831. The Hall–Kier alpha value is -4.27. The molecule has 146 valence electrons. The summed E-state index contributed by atoms with van der Waals surface area (Å²) in [5, 5.41) is 22.0. The first-order valence-corrected chi connectivity index (χ1v) is 8.35. The Balaban J connectivity index is 1.74. The summed E-state index contributed by atoms with van der Waals surface area (Å²) in [4.78, 5) is 24.9. The summed E-state index contributed by atoms with van der Waals surface area (Å²) in [7, 11) is 1.59. The van der Waals surface area contributed by atoms with Crippen LogP contribution in [0.2, 0.25) is 0 Å². The Morgan fingerprint density at radius 2 is 1.52 bits per heavy atom. The number of hydrogen-bond donors (Lipinski definition) is 0. The van der Waals surface area contributed by atoms with Crippen LogP contribution in [0.4, 0.5) is 17.1 Å². The van der Waals surface area contributed by atoms with Crippen molar-refractivity contribution in [3.8, 4) is 17.2 Å². The van der Waals surface area contributed by atoms with Gasteiger partial charge in [0.1, 0.15) is 11.5 Å². The van der Waals surface area contributed by atoms with E-state index in [2.05, 4.69) is 4.99 Å². The number of rotatable bonds is 7. The first-order chi connectivity index (χ1) is 14.0. The summed E-state index contributed by atoms with van der Waals surface area (Å²) in [6.45, 7) is 0. The van der Waals surface area contributed by atoms with Gasteiger partial charge in [-0.1, -0.05) is 0 Å². The van der Waals surface area contributed by atoms with Crippen LogP contribution in [0.1, 0.15) is 5.56 Å². The van der Waals surface area contributed by atoms with Crippen LogP contribution >= 0.6 is 0 Å². The van der Waals surface area contributed by atoms with Crippen molar-refractivity contribution in [3.63, 3.8) is 0 Å². The Kier molecular flexibility index (Phi) is 5.79. The molecule has 0 fully saturated rings. The number of hydrogen-bond acceptors (Lipinski definition) is 7. The maximum atomic E-state index is 11.2. The number of benzene rings is 3. The molecule has 0 saturated heterocycles. The molecule has 0 atom stereocenters. The van der Waals surface area contributed by atoms with Crippen LogP contribution in [0.15, 0.2) is 71.7 Å². The molecule has 0 aliphatic rings. The van der Waals surface area contributed by atoms with E-state index in [0.717, 1.165) is 29.1 Å². The molecule has 9 nitrogen and oxygen atoms in total. The Bertz CT molecular complexity index is 1060. The number of nitro groups is 2. The molecule has 0 saturated carbocycles. The molecular formula is C20H15N3O6. The van der Waals surface area contributed by atoms with E-state index in [0.29, 0.717) is 5.75 Å². The van der Waals surface area contributed by atoms with Gasteiger partial charge in [0.25, 0.3) is 5.69 Å². The van der Waals surface area contributed by atoms with Gasteiger partial charge in [-0.3, -0.25) is 25.2 Å². The Morgan fingerprint density at radius 1 is 0.862 bits per heavy atom. The van der Waals surface area contributed by atoms with Crippen molar-refractivity contribution in [2.45, 2.75) is 0 Å². The zero-order chi connectivity index (χ0) is 20.8. The minimum Gasteiger partial charge on any atom is -0.497 e. The van der Waals surface area contributed by atoms with Crippen molar-refractivity contribution in [3.05, 3.63) is 92.5 Å². The summed E-state index contributed by atoms with van der Waals surface area (Å²) >= 11 is 0. The average molecular weight is 393 g/mol. The van der Waals surface area contributed by atoms with Gasteiger partial charge in [0.05, 0.1) is 28.7 Å². The molecule has 0 heterocycles. The van der Waals surface area contributed by atoms with Gasteiger partial charge in [-0.2, -0.15) is 0 Å². The molecule has 0 aliphatic carbocycles. The van der Waals surface area contributed by atoms with Crippen LogP contribution in [0.3, 0.4) is 0 Å². The maximum Gasteiger partial charge on any atom is 0.318 e. The highest BCUT2D eigenvalue weighted by Gasteiger charge is 2.21. The predicted octanol–water partition coefficient (Wildman–Crippen LogP) is 5.05. The number of ether oxygens (including phenoxy) is 2. The van der Waals surface area contributed by atoms with Crippen LogP contribution < -0.4 is 9.47 Å². The smallest absolute Gasteiger partial charge is 0.318 e. The zero-order valence-electron chi connectivity index (χ0n) is 15.2. The monoisotopic (exact) mass is 393 g/mol. The Labute approximate surface area is 165 Å². The van der Waals surface area contributed by atoms with Gasteiger partial charge >= 0.3 is 5.69 Å². The van der Waals surface area contributed by atoms with Crippen LogP contribution in [0, 0.1) is 20.2 Å². The third-order valence-corrected chi connectivity index (χ3v) is 3.89. The van der Waals surface area contributed by atoms with E-state index in [-0.39, 0.29) is 11.4 Å². The number of non-ortho nitro benzene ring substituents is 1. The van der Waals surface area contributed by atoms with Gasteiger partial charge in [-0.25, -0.2) is 0 Å². The van der Waals surface area contributed by atoms with Crippen molar-refractivity contribution in [1.82, 2.24) is 0 Å². The molecule has 3 aromatic rings. The van der Waals surface area contributed by atoms with Gasteiger partial charge < -0.3 is 9.47 Å². The van der Waals surface area contributed by atoms with E-state index in [4.69, 9.17) is 9.47 Å². The summed E-state index contributed by atoms with van der Waals surface area (Å²) < 4.78 is 10.6. The summed E-state index contributed by atoms with van der Waals surface area (Å²) in [5.41, 5.74) is 0.692. The van der Waals surface area contributed by atoms with E-state index in [1.165, 1.54) is 6.07 Å². The highest BCUT2D eigenvalue weighted by Crippen LogP contribution is 2.34. The van der Waals surface area contributed by atoms with Gasteiger partial charge in [-0.05, 0) is 60.2 Å². The summed E-state index contributed by atoms with van der Waals surface area (Å²) in [6, 6.07) is 17.2. The molecule has 0 bridgehead atoms. The lowest BCUT2D eigenvalue weighted by atomic mass is 10.2. The van der Waals surface area contributed by atoms with Crippen molar-refractivity contribution in [2.24, 2.45) is 4.99 Å². The number of nitro benzene ring substituents is 2. The lowest BCUT2D eigenvalue weighted by Gasteiger charge is -2.06.